The summed E-state index contributed by atoms with van der Waals surface area (Å²) in [4.78, 5) is 14.2. The average Bonchev–Trinajstić information content (AvgIpc) is 2.38. The van der Waals surface area contributed by atoms with Gasteiger partial charge in [-0.15, -0.1) is 0 Å². The Kier molecular flexibility index (Phi) is 6.79. The maximum atomic E-state index is 11.7. The zero-order chi connectivity index (χ0) is 12.7. The van der Waals surface area contributed by atoms with Gasteiger partial charge < -0.3 is 4.90 Å². The Morgan fingerprint density at radius 3 is 2.47 bits per heavy atom. The van der Waals surface area contributed by atoms with Crippen LogP contribution >= 0.6 is 0 Å². The molecule has 0 aliphatic carbocycles. The van der Waals surface area contributed by atoms with Crippen molar-refractivity contribution in [2.75, 3.05) is 19.6 Å². The van der Waals surface area contributed by atoms with E-state index in [1.807, 2.05) is 0 Å². The summed E-state index contributed by atoms with van der Waals surface area (Å²) in [5.41, 5.74) is 0. The van der Waals surface area contributed by atoms with Gasteiger partial charge in [0, 0.05) is 12.3 Å². The molecule has 1 fully saturated rings. The van der Waals surface area contributed by atoms with Gasteiger partial charge >= 0.3 is 0 Å². The van der Waals surface area contributed by atoms with Crippen LogP contribution in [0.15, 0.2) is 0 Å². The third kappa shape index (κ3) is 5.20. The van der Waals surface area contributed by atoms with Crippen LogP contribution in [-0.4, -0.2) is 30.3 Å². The summed E-state index contributed by atoms with van der Waals surface area (Å²) in [5.74, 6) is 1.62. The van der Waals surface area contributed by atoms with Crippen LogP contribution in [0.1, 0.15) is 59.3 Å². The normalized spacial score (nSPS) is 20.4. The van der Waals surface area contributed by atoms with Crippen molar-refractivity contribution in [1.29, 1.82) is 0 Å². The van der Waals surface area contributed by atoms with Crippen molar-refractivity contribution in [3.63, 3.8) is 0 Å². The molecule has 0 bridgehead atoms. The monoisotopic (exact) mass is 239 g/mol. The van der Waals surface area contributed by atoms with Crippen LogP contribution in [0.3, 0.4) is 0 Å². The predicted molar refractivity (Wildman–Crippen MR) is 73.2 cm³/mol. The molecule has 0 aromatic heterocycles. The third-order valence-corrected chi connectivity index (χ3v) is 4.35. The zero-order valence-electron chi connectivity index (χ0n) is 11.9. The molecule has 1 atom stereocenters. The number of carbonyl (C=O) groups is 1. The van der Waals surface area contributed by atoms with Crippen molar-refractivity contribution in [1.82, 2.24) is 4.90 Å². The van der Waals surface area contributed by atoms with Gasteiger partial charge in [-0.05, 0) is 57.7 Å². The lowest BCUT2D eigenvalue weighted by molar-refractivity contribution is -0.122. The first-order valence-electron chi connectivity index (χ1n) is 7.42. The molecule has 0 aromatic rings. The van der Waals surface area contributed by atoms with Gasteiger partial charge in [-0.1, -0.05) is 20.8 Å². The highest BCUT2D eigenvalue weighted by Gasteiger charge is 2.18. The number of hydrogen-bond acceptors (Lipinski definition) is 2. The summed E-state index contributed by atoms with van der Waals surface area (Å²) in [5, 5.41) is 0. The molecule has 0 spiro atoms. The number of hydrogen-bond donors (Lipinski definition) is 0. The van der Waals surface area contributed by atoms with E-state index in [0.29, 0.717) is 5.78 Å². The lowest BCUT2D eigenvalue weighted by Crippen LogP contribution is -2.33. The molecule has 2 nitrogen and oxygen atoms in total. The smallest absolute Gasteiger partial charge is 0.135 e. The molecule has 100 valence electrons. The van der Waals surface area contributed by atoms with Crippen molar-refractivity contribution < 1.29 is 4.79 Å². The largest absolute Gasteiger partial charge is 0.304 e. The van der Waals surface area contributed by atoms with Gasteiger partial charge in [-0.3, -0.25) is 4.79 Å². The number of ketones is 1. The van der Waals surface area contributed by atoms with E-state index in [1.165, 1.54) is 38.9 Å². The van der Waals surface area contributed by atoms with Gasteiger partial charge in [0.15, 0.2) is 0 Å². The van der Waals surface area contributed by atoms with E-state index in [9.17, 15) is 4.79 Å². The Labute approximate surface area is 107 Å². The van der Waals surface area contributed by atoms with Crippen molar-refractivity contribution in [2.45, 2.75) is 59.3 Å². The molecule has 1 rings (SSSR count). The molecule has 0 saturated carbocycles. The molecule has 1 saturated heterocycles. The van der Waals surface area contributed by atoms with Crippen molar-refractivity contribution in [3.8, 4) is 0 Å². The highest BCUT2D eigenvalue weighted by molar-refractivity contribution is 5.80. The molecule has 1 heterocycles. The minimum atomic E-state index is 0.275. The van der Waals surface area contributed by atoms with Crippen LogP contribution in [-0.2, 0) is 4.79 Å². The number of nitrogens with zero attached hydrogens (tertiary/aromatic N) is 1. The maximum absolute atomic E-state index is 11.7. The van der Waals surface area contributed by atoms with E-state index in [0.717, 1.165) is 25.2 Å². The van der Waals surface area contributed by atoms with E-state index in [2.05, 4.69) is 25.7 Å². The fourth-order valence-corrected chi connectivity index (χ4v) is 2.63. The summed E-state index contributed by atoms with van der Waals surface area (Å²) in [6.07, 6.45) is 6.85. The Hall–Kier alpha value is -0.370. The molecular weight excluding hydrogens is 210 g/mol. The van der Waals surface area contributed by atoms with Crippen molar-refractivity contribution in [3.05, 3.63) is 0 Å². The summed E-state index contributed by atoms with van der Waals surface area (Å²) in [6, 6.07) is 0. The average molecular weight is 239 g/mol. The summed E-state index contributed by atoms with van der Waals surface area (Å²) in [7, 11) is 0. The molecule has 17 heavy (non-hydrogen) atoms. The summed E-state index contributed by atoms with van der Waals surface area (Å²) in [6.45, 7) is 10.1. The van der Waals surface area contributed by atoms with E-state index < -0.39 is 0 Å². The molecule has 0 aromatic carbocycles. The van der Waals surface area contributed by atoms with Gasteiger partial charge in [0.05, 0.1) is 0 Å². The van der Waals surface area contributed by atoms with Crippen LogP contribution in [0.25, 0.3) is 0 Å². The lowest BCUT2D eigenvalue weighted by atomic mass is 9.90. The zero-order valence-corrected chi connectivity index (χ0v) is 11.9. The van der Waals surface area contributed by atoms with Crippen LogP contribution in [0.2, 0.25) is 0 Å². The van der Waals surface area contributed by atoms with E-state index in [4.69, 9.17) is 0 Å². The van der Waals surface area contributed by atoms with Crippen molar-refractivity contribution >= 4 is 5.78 Å². The van der Waals surface area contributed by atoms with Crippen LogP contribution < -0.4 is 0 Å². The van der Waals surface area contributed by atoms with Crippen LogP contribution in [0, 0.1) is 11.8 Å². The highest BCUT2D eigenvalue weighted by atomic mass is 16.1. The maximum Gasteiger partial charge on any atom is 0.135 e. The first-order chi connectivity index (χ1) is 8.17. The molecule has 1 unspecified atom stereocenters. The second kappa shape index (κ2) is 7.86. The Morgan fingerprint density at radius 1 is 1.29 bits per heavy atom. The first-order valence-corrected chi connectivity index (χ1v) is 7.42. The van der Waals surface area contributed by atoms with Gasteiger partial charge in [-0.25, -0.2) is 0 Å². The minimum absolute atomic E-state index is 0.275. The molecule has 0 N–H and O–H groups in total. The SMILES string of the molecule is CCC(C)C(=O)CCCC1CCN(CC)CC1. The number of rotatable bonds is 7. The van der Waals surface area contributed by atoms with Gasteiger partial charge in [-0.2, -0.15) is 0 Å². The van der Waals surface area contributed by atoms with E-state index in [-0.39, 0.29) is 5.92 Å². The molecule has 0 amide bonds. The Bertz CT molecular complexity index is 219. The fourth-order valence-electron chi connectivity index (χ4n) is 2.63. The molecular formula is C15H29NO. The van der Waals surface area contributed by atoms with Gasteiger partial charge in [0.25, 0.3) is 0 Å². The highest BCUT2D eigenvalue weighted by Crippen LogP contribution is 2.23. The van der Waals surface area contributed by atoms with Crippen molar-refractivity contribution in [2.24, 2.45) is 11.8 Å². The number of likely N-dealkylation sites (tertiary alicyclic amines) is 1. The lowest BCUT2D eigenvalue weighted by Gasteiger charge is -2.31. The molecule has 2 heteroatoms. The predicted octanol–water partition coefficient (Wildman–Crippen LogP) is 3.50. The van der Waals surface area contributed by atoms with Gasteiger partial charge in [0.1, 0.15) is 5.78 Å². The standard InChI is InChI=1S/C15H29NO/c1-4-13(3)15(17)8-6-7-14-9-11-16(5-2)12-10-14/h13-14H,4-12H2,1-3H3. The molecule has 1 aliphatic rings. The second-order valence-electron chi connectivity index (χ2n) is 5.55. The summed E-state index contributed by atoms with van der Waals surface area (Å²) >= 11 is 0. The molecule has 0 radical (unpaired) electrons. The second-order valence-corrected chi connectivity index (χ2v) is 5.55. The topological polar surface area (TPSA) is 20.3 Å². The quantitative estimate of drug-likeness (QED) is 0.677. The number of piperidine rings is 1. The minimum Gasteiger partial charge on any atom is -0.304 e. The fraction of sp³-hybridized carbons (Fsp3) is 0.933. The summed E-state index contributed by atoms with van der Waals surface area (Å²) < 4.78 is 0. The first kappa shape index (κ1) is 14.7. The Balaban J connectivity index is 2.09. The Morgan fingerprint density at radius 2 is 1.94 bits per heavy atom. The van der Waals surface area contributed by atoms with Crippen LogP contribution in [0.4, 0.5) is 0 Å². The van der Waals surface area contributed by atoms with Crippen LogP contribution in [0.5, 0.6) is 0 Å². The van der Waals surface area contributed by atoms with Gasteiger partial charge in [0.2, 0.25) is 0 Å². The number of carbonyl (C=O) groups excluding carboxylic acids is 1. The molecule has 1 aliphatic heterocycles. The third-order valence-electron chi connectivity index (χ3n) is 4.35. The van der Waals surface area contributed by atoms with E-state index >= 15 is 0 Å². The number of Topliss-reactive ketones (excluding diaryl/α,β-unsaturated/α-hetero) is 1. The van der Waals surface area contributed by atoms with E-state index in [1.54, 1.807) is 0 Å².